The topological polar surface area (TPSA) is 33.1 Å². The average Bonchev–Trinajstić information content (AvgIpc) is 2.54. The quantitative estimate of drug-likeness (QED) is 0.775. The van der Waals surface area contributed by atoms with Crippen LogP contribution in [0.25, 0.3) is 11.3 Å². The van der Waals surface area contributed by atoms with Gasteiger partial charge in [-0.15, -0.1) is 11.3 Å². The predicted molar refractivity (Wildman–Crippen MR) is 58.7 cm³/mol. The molecule has 72 valence electrons. The van der Waals surface area contributed by atoms with Crippen LogP contribution in [-0.2, 0) is 0 Å². The van der Waals surface area contributed by atoms with Gasteiger partial charge >= 0.3 is 0 Å². The number of nitrogens with zero attached hydrogens (tertiary/aromatic N) is 1. The Kier molecular flexibility index (Phi) is 2.25. The first-order valence-corrected chi connectivity index (χ1v) is 5.31. The van der Waals surface area contributed by atoms with Crippen LogP contribution in [0.3, 0.4) is 0 Å². The molecular formula is C11H11NOS. The van der Waals surface area contributed by atoms with Gasteiger partial charge in [-0.1, -0.05) is 6.07 Å². The van der Waals surface area contributed by atoms with E-state index in [4.69, 9.17) is 0 Å². The van der Waals surface area contributed by atoms with Crippen molar-refractivity contribution in [1.82, 2.24) is 4.98 Å². The summed E-state index contributed by atoms with van der Waals surface area (Å²) in [5, 5.41) is 11.8. The minimum atomic E-state index is 0.313. The van der Waals surface area contributed by atoms with Gasteiger partial charge in [-0.3, -0.25) is 0 Å². The van der Waals surface area contributed by atoms with E-state index in [0.29, 0.717) is 5.75 Å². The molecule has 0 aliphatic rings. The van der Waals surface area contributed by atoms with Crippen molar-refractivity contribution in [2.45, 2.75) is 13.8 Å². The summed E-state index contributed by atoms with van der Waals surface area (Å²) in [5.74, 6) is 0.313. The molecule has 1 N–H and O–H groups in total. The van der Waals surface area contributed by atoms with Crippen molar-refractivity contribution in [2.75, 3.05) is 0 Å². The zero-order chi connectivity index (χ0) is 10.1. The number of aryl methyl sites for hydroxylation is 2. The van der Waals surface area contributed by atoms with Crippen molar-refractivity contribution in [3.8, 4) is 17.0 Å². The van der Waals surface area contributed by atoms with Crippen LogP contribution in [0.15, 0.2) is 23.0 Å². The third-order valence-electron chi connectivity index (χ3n) is 2.15. The first kappa shape index (κ1) is 9.21. The molecule has 0 saturated heterocycles. The third kappa shape index (κ3) is 1.51. The molecule has 0 aliphatic carbocycles. The van der Waals surface area contributed by atoms with E-state index in [0.717, 1.165) is 22.4 Å². The van der Waals surface area contributed by atoms with Gasteiger partial charge in [0.1, 0.15) is 5.75 Å². The van der Waals surface area contributed by atoms with Crippen molar-refractivity contribution in [3.63, 3.8) is 0 Å². The fourth-order valence-corrected chi connectivity index (χ4v) is 2.16. The normalized spacial score (nSPS) is 10.4. The van der Waals surface area contributed by atoms with E-state index in [1.807, 2.05) is 19.2 Å². The molecule has 14 heavy (non-hydrogen) atoms. The Bertz CT molecular complexity index is 425. The van der Waals surface area contributed by atoms with Gasteiger partial charge in [0.15, 0.2) is 0 Å². The fourth-order valence-electron chi connectivity index (χ4n) is 1.61. The molecule has 0 aliphatic heterocycles. The van der Waals surface area contributed by atoms with Crippen molar-refractivity contribution < 1.29 is 5.11 Å². The Morgan fingerprint density at radius 1 is 1.29 bits per heavy atom. The number of benzene rings is 1. The molecular weight excluding hydrogens is 194 g/mol. The van der Waals surface area contributed by atoms with Crippen molar-refractivity contribution >= 4 is 11.3 Å². The Labute approximate surface area is 86.9 Å². The summed E-state index contributed by atoms with van der Waals surface area (Å²) in [6.45, 7) is 3.96. The van der Waals surface area contributed by atoms with Gasteiger partial charge in [0.2, 0.25) is 0 Å². The molecule has 3 heteroatoms. The minimum Gasteiger partial charge on any atom is -0.507 e. The summed E-state index contributed by atoms with van der Waals surface area (Å²) in [4.78, 5) is 4.20. The van der Waals surface area contributed by atoms with Crippen LogP contribution >= 0.6 is 11.3 Å². The number of aromatic nitrogens is 1. The lowest BCUT2D eigenvalue weighted by Gasteiger charge is -2.06. The van der Waals surface area contributed by atoms with Crippen LogP contribution < -0.4 is 0 Å². The smallest absolute Gasteiger partial charge is 0.125 e. The van der Waals surface area contributed by atoms with E-state index in [1.54, 1.807) is 11.6 Å². The van der Waals surface area contributed by atoms with Gasteiger partial charge in [0.05, 0.1) is 11.2 Å². The molecule has 2 rings (SSSR count). The summed E-state index contributed by atoms with van der Waals surface area (Å²) in [6.07, 6.45) is 0. The van der Waals surface area contributed by atoms with Crippen LogP contribution in [0.5, 0.6) is 5.75 Å². The van der Waals surface area contributed by atoms with Crippen LogP contribution in [0.2, 0.25) is 0 Å². The van der Waals surface area contributed by atoms with Crippen molar-refractivity contribution in [3.05, 3.63) is 34.2 Å². The highest BCUT2D eigenvalue weighted by atomic mass is 32.1. The number of aromatic hydroxyl groups is 1. The number of hydrogen-bond acceptors (Lipinski definition) is 3. The van der Waals surface area contributed by atoms with Crippen molar-refractivity contribution in [1.29, 1.82) is 0 Å². The van der Waals surface area contributed by atoms with Crippen LogP contribution in [0.1, 0.15) is 11.1 Å². The molecule has 1 aromatic heterocycles. The highest BCUT2D eigenvalue weighted by Crippen LogP contribution is 2.32. The molecule has 0 radical (unpaired) electrons. The molecule has 0 bridgehead atoms. The number of phenolic OH excluding ortho intramolecular Hbond substituents is 1. The Morgan fingerprint density at radius 2 is 2.07 bits per heavy atom. The van der Waals surface area contributed by atoms with Crippen LogP contribution in [0, 0.1) is 13.8 Å². The minimum absolute atomic E-state index is 0.313. The molecule has 1 aromatic carbocycles. The molecule has 0 spiro atoms. The van der Waals surface area contributed by atoms with Gasteiger partial charge in [-0.05, 0) is 31.0 Å². The van der Waals surface area contributed by atoms with E-state index < -0.39 is 0 Å². The molecule has 0 amide bonds. The standard InChI is InChI=1S/C11H11NOS/c1-7-3-8(2)11(10(13)4-7)9-5-14-6-12-9/h3-6,13H,1-2H3. The second-order valence-corrected chi connectivity index (χ2v) is 4.07. The second-order valence-electron chi connectivity index (χ2n) is 3.35. The van der Waals surface area contributed by atoms with Crippen LogP contribution in [0.4, 0.5) is 0 Å². The summed E-state index contributed by atoms with van der Waals surface area (Å²) in [5.41, 5.74) is 5.60. The van der Waals surface area contributed by atoms with Gasteiger partial charge in [0.25, 0.3) is 0 Å². The molecule has 0 saturated carbocycles. The maximum Gasteiger partial charge on any atom is 0.125 e. The summed E-state index contributed by atoms with van der Waals surface area (Å²) in [7, 11) is 0. The molecule has 0 unspecified atom stereocenters. The summed E-state index contributed by atoms with van der Waals surface area (Å²) >= 11 is 1.53. The number of rotatable bonds is 1. The lowest BCUT2D eigenvalue weighted by atomic mass is 10.0. The average molecular weight is 205 g/mol. The lowest BCUT2D eigenvalue weighted by Crippen LogP contribution is -1.86. The van der Waals surface area contributed by atoms with Gasteiger partial charge in [0, 0.05) is 10.9 Å². The SMILES string of the molecule is Cc1cc(C)c(-c2cscn2)c(O)c1. The summed E-state index contributed by atoms with van der Waals surface area (Å²) in [6, 6.07) is 3.82. The first-order valence-electron chi connectivity index (χ1n) is 4.37. The lowest BCUT2D eigenvalue weighted by molar-refractivity contribution is 0.476. The molecule has 0 atom stereocenters. The zero-order valence-corrected chi connectivity index (χ0v) is 8.93. The van der Waals surface area contributed by atoms with Gasteiger partial charge in [-0.25, -0.2) is 4.98 Å². The molecule has 1 heterocycles. The molecule has 2 aromatic rings. The first-order chi connectivity index (χ1) is 6.68. The molecule has 2 nitrogen and oxygen atoms in total. The van der Waals surface area contributed by atoms with E-state index in [-0.39, 0.29) is 0 Å². The second kappa shape index (κ2) is 3.42. The number of hydrogen-bond donors (Lipinski definition) is 1. The van der Waals surface area contributed by atoms with E-state index >= 15 is 0 Å². The maximum absolute atomic E-state index is 9.81. The van der Waals surface area contributed by atoms with E-state index in [2.05, 4.69) is 11.1 Å². The maximum atomic E-state index is 9.81. The van der Waals surface area contributed by atoms with E-state index in [1.165, 1.54) is 11.3 Å². The van der Waals surface area contributed by atoms with Gasteiger partial charge in [-0.2, -0.15) is 0 Å². The monoisotopic (exact) mass is 205 g/mol. The van der Waals surface area contributed by atoms with E-state index in [9.17, 15) is 5.11 Å². The third-order valence-corrected chi connectivity index (χ3v) is 2.73. The Balaban J connectivity index is 2.64. The highest BCUT2D eigenvalue weighted by Gasteiger charge is 2.09. The van der Waals surface area contributed by atoms with Crippen LogP contribution in [-0.4, -0.2) is 10.1 Å². The highest BCUT2D eigenvalue weighted by molar-refractivity contribution is 7.07. The predicted octanol–water partition coefficient (Wildman–Crippen LogP) is 3.13. The Morgan fingerprint density at radius 3 is 2.64 bits per heavy atom. The molecule has 0 fully saturated rings. The zero-order valence-electron chi connectivity index (χ0n) is 8.11. The summed E-state index contributed by atoms with van der Waals surface area (Å²) < 4.78 is 0. The fraction of sp³-hybridized carbons (Fsp3) is 0.182. The number of thiazole rings is 1. The number of phenols is 1. The largest absolute Gasteiger partial charge is 0.507 e. The van der Waals surface area contributed by atoms with Crippen molar-refractivity contribution in [2.24, 2.45) is 0 Å². The Hall–Kier alpha value is -1.35. The van der Waals surface area contributed by atoms with Gasteiger partial charge < -0.3 is 5.11 Å².